The molecule has 0 spiro atoms. The van der Waals surface area contributed by atoms with E-state index in [0.29, 0.717) is 47.5 Å². The highest BCUT2D eigenvalue weighted by molar-refractivity contribution is 6.36. The van der Waals surface area contributed by atoms with Crippen LogP contribution in [0.2, 0.25) is 5.02 Å². The van der Waals surface area contributed by atoms with E-state index in [1.54, 1.807) is 19.2 Å². The van der Waals surface area contributed by atoms with Crippen LogP contribution in [0, 0.1) is 6.92 Å². The molecule has 2 aromatic carbocycles. The maximum atomic E-state index is 13.1. The van der Waals surface area contributed by atoms with Gasteiger partial charge in [0.1, 0.15) is 5.56 Å². The quantitative estimate of drug-likeness (QED) is 0.338. The number of anilines is 1. The number of benzene rings is 2. The van der Waals surface area contributed by atoms with Crippen molar-refractivity contribution in [1.29, 1.82) is 0 Å². The number of amides is 1. The van der Waals surface area contributed by atoms with Crippen molar-refractivity contribution in [2.75, 3.05) is 25.5 Å². The summed E-state index contributed by atoms with van der Waals surface area (Å²) >= 11 is 6.98. The van der Waals surface area contributed by atoms with E-state index in [-0.39, 0.29) is 5.56 Å². The van der Waals surface area contributed by atoms with Gasteiger partial charge in [0, 0.05) is 62.3 Å². The fourth-order valence-corrected chi connectivity index (χ4v) is 5.67. The summed E-state index contributed by atoms with van der Waals surface area (Å²) in [6.45, 7) is 5.47. The molecule has 1 saturated heterocycles. The van der Waals surface area contributed by atoms with Gasteiger partial charge in [0.25, 0.3) is 11.5 Å². The average molecular weight is 590 g/mol. The van der Waals surface area contributed by atoms with Crippen molar-refractivity contribution >= 4 is 23.2 Å². The second-order valence-electron chi connectivity index (χ2n) is 10.9. The summed E-state index contributed by atoms with van der Waals surface area (Å²) in [5, 5.41) is 13.3. The number of hydrogen-bond acceptors (Lipinski definition) is 7. The van der Waals surface area contributed by atoms with Gasteiger partial charge < -0.3 is 19.7 Å². The zero-order valence-corrected chi connectivity index (χ0v) is 24.8. The van der Waals surface area contributed by atoms with E-state index in [0.717, 1.165) is 26.8 Å². The lowest BCUT2D eigenvalue weighted by molar-refractivity contribution is -0.0873. The first-order valence-electron chi connectivity index (χ1n) is 13.4. The second kappa shape index (κ2) is 11.2. The third-order valence-corrected chi connectivity index (χ3v) is 7.90. The van der Waals surface area contributed by atoms with E-state index in [9.17, 15) is 19.5 Å². The number of carbonyl (C=O) groups excluding carboxylic acids is 1. The molecular formula is C31H32ClN5O5. The maximum Gasteiger partial charge on any atom is 0.330 e. The van der Waals surface area contributed by atoms with Crippen LogP contribution in [0.4, 0.5) is 5.69 Å². The smallest absolute Gasteiger partial charge is 0.330 e. The van der Waals surface area contributed by atoms with Crippen LogP contribution >= 0.6 is 11.6 Å². The Bertz CT molecular complexity index is 1820. The number of halogens is 1. The van der Waals surface area contributed by atoms with Gasteiger partial charge in [-0.2, -0.15) is 0 Å². The number of rotatable bonds is 7. The maximum absolute atomic E-state index is 13.1. The highest BCUT2D eigenvalue weighted by atomic mass is 35.5. The largest absolute Gasteiger partial charge is 0.481 e. The average Bonchev–Trinajstić information content (AvgIpc) is 2.94. The number of nitrogens with zero attached hydrogens (tertiary/aromatic N) is 4. The third-order valence-electron chi connectivity index (χ3n) is 7.49. The lowest BCUT2D eigenvalue weighted by atomic mass is 9.95. The number of aliphatic hydroxyl groups is 1. The van der Waals surface area contributed by atoms with Crippen molar-refractivity contribution in [2.45, 2.75) is 26.0 Å². The predicted molar refractivity (Wildman–Crippen MR) is 162 cm³/mol. The molecule has 3 heterocycles. The summed E-state index contributed by atoms with van der Waals surface area (Å²) in [5.41, 5.74) is 3.06. The first kappa shape index (κ1) is 29.2. The fraction of sp³-hybridized carbons (Fsp3) is 0.290. The molecule has 1 amide bonds. The van der Waals surface area contributed by atoms with Gasteiger partial charge in [-0.1, -0.05) is 48.0 Å². The molecule has 0 saturated carbocycles. The third kappa shape index (κ3) is 5.48. The number of nitrogens with one attached hydrogen (secondary N) is 1. The minimum Gasteiger partial charge on any atom is -0.481 e. The Hall–Kier alpha value is -4.25. The Labute approximate surface area is 247 Å². The van der Waals surface area contributed by atoms with Crippen LogP contribution in [0.25, 0.3) is 22.4 Å². The molecule has 1 aliphatic heterocycles. The Balaban J connectivity index is 1.45. The van der Waals surface area contributed by atoms with Crippen LogP contribution in [-0.2, 0) is 20.6 Å². The zero-order chi connectivity index (χ0) is 30.3. The standard InChI is InChI=1S/C31H32ClN5O5/c1-18-20(8-7-11-24(18)33-27(38)23-15-35(3)30(40)36(4)29(23)39)21-9-6-10-22(26(21)32)25-13-12-19(28(34-25)42-5)14-37-16-31(2,41)17-37/h6-13,15,41H,14,16-17H2,1-5H3,(H,33,38). The van der Waals surface area contributed by atoms with E-state index < -0.39 is 22.8 Å². The van der Waals surface area contributed by atoms with Crippen molar-refractivity contribution in [3.63, 3.8) is 0 Å². The first-order chi connectivity index (χ1) is 19.9. The lowest BCUT2D eigenvalue weighted by Crippen LogP contribution is -2.59. The van der Waals surface area contributed by atoms with Gasteiger partial charge in [-0.25, -0.2) is 9.78 Å². The van der Waals surface area contributed by atoms with E-state index in [4.69, 9.17) is 21.3 Å². The second-order valence-corrected chi connectivity index (χ2v) is 11.3. The van der Waals surface area contributed by atoms with Crippen molar-refractivity contribution in [1.82, 2.24) is 19.0 Å². The highest BCUT2D eigenvalue weighted by Crippen LogP contribution is 2.39. The topological polar surface area (TPSA) is 119 Å². The highest BCUT2D eigenvalue weighted by Gasteiger charge is 2.36. The molecule has 0 atom stereocenters. The molecule has 2 aromatic heterocycles. The van der Waals surface area contributed by atoms with Crippen LogP contribution in [0.3, 0.4) is 0 Å². The summed E-state index contributed by atoms with van der Waals surface area (Å²) in [6, 6.07) is 15.0. The molecule has 0 unspecified atom stereocenters. The molecule has 11 heteroatoms. The van der Waals surface area contributed by atoms with Crippen LogP contribution in [0.5, 0.6) is 5.88 Å². The number of aryl methyl sites for hydroxylation is 1. The molecule has 10 nitrogen and oxygen atoms in total. The number of ether oxygens (including phenoxy) is 1. The molecule has 0 radical (unpaired) electrons. The molecule has 1 aliphatic rings. The molecule has 4 aromatic rings. The SMILES string of the molecule is COc1nc(-c2cccc(-c3cccc(NC(=O)c4cn(C)c(=O)n(C)c4=O)c3C)c2Cl)ccc1CN1CC(C)(O)C1. The number of carbonyl (C=O) groups is 1. The van der Waals surface area contributed by atoms with Gasteiger partial charge in [-0.05, 0) is 37.1 Å². The van der Waals surface area contributed by atoms with Gasteiger partial charge in [-0.15, -0.1) is 0 Å². The zero-order valence-electron chi connectivity index (χ0n) is 24.1. The minimum absolute atomic E-state index is 0.146. The molecule has 42 heavy (non-hydrogen) atoms. The van der Waals surface area contributed by atoms with E-state index in [1.165, 1.54) is 24.9 Å². The van der Waals surface area contributed by atoms with E-state index in [2.05, 4.69) is 10.2 Å². The fourth-order valence-electron chi connectivity index (χ4n) is 5.34. The van der Waals surface area contributed by atoms with Gasteiger partial charge in [-0.3, -0.25) is 19.1 Å². The summed E-state index contributed by atoms with van der Waals surface area (Å²) < 4.78 is 7.68. The van der Waals surface area contributed by atoms with Gasteiger partial charge in [0.15, 0.2) is 0 Å². The van der Waals surface area contributed by atoms with Crippen LogP contribution < -0.4 is 21.3 Å². The number of hydrogen-bond donors (Lipinski definition) is 2. The number of pyridine rings is 1. The monoisotopic (exact) mass is 589 g/mol. The Kier molecular flexibility index (Phi) is 7.80. The number of methoxy groups -OCH3 is 1. The summed E-state index contributed by atoms with van der Waals surface area (Å²) in [5.74, 6) is -0.129. The molecule has 0 bridgehead atoms. The number of likely N-dealkylation sites (tertiary alicyclic amines) is 1. The van der Waals surface area contributed by atoms with Gasteiger partial charge >= 0.3 is 5.69 Å². The normalized spacial score (nSPS) is 14.4. The Morgan fingerprint density at radius 2 is 1.74 bits per heavy atom. The first-order valence-corrected chi connectivity index (χ1v) is 13.7. The lowest BCUT2D eigenvalue weighted by Gasteiger charge is -2.44. The van der Waals surface area contributed by atoms with Crippen LogP contribution in [0.1, 0.15) is 28.4 Å². The number of β-amino-alcohol motifs (C(OH)–C–C–N with tert-alkyl or cyclic N) is 1. The summed E-state index contributed by atoms with van der Waals surface area (Å²) in [7, 11) is 4.39. The Morgan fingerprint density at radius 1 is 1.07 bits per heavy atom. The van der Waals surface area contributed by atoms with Crippen molar-refractivity contribution < 1.29 is 14.6 Å². The molecule has 1 fully saturated rings. The molecule has 5 rings (SSSR count). The summed E-state index contributed by atoms with van der Waals surface area (Å²) in [6.07, 6.45) is 1.24. The molecular weight excluding hydrogens is 558 g/mol. The predicted octanol–water partition coefficient (Wildman–Crippen LogP) is 3.60. The molecule has 218 valence electrons. The van der Waals surface area contributed by atoms with Crippen LogP contribution in [-0.4, -0.2) is 55.8 Å². The molecule has 0 aliphatic carbocycles. The van der Waals surface area contributed by atoms with Gasteiger partial charge in [0.2, 0.25) is 5.88 Å². The minimum atomic E-state index is -0.675. The van der Waals surface area contributed by atoms with Crippen molar-refractivity contribution in [2.24, 2.45) is 14.1 Å². The van der Waals surface area contributed by atoms with Crippen molar-refractivity contribution in [3.05, 3.63) is 97.3 Å². The molecule has 2 N–H and O–H groups in total. The van der Waals surface area contributed by atoms with E-state index in [1.807, 2.05) is 50.2 Å². The number of aromatic nitrogens is 3. The summed E-state index contributed by atoms with van der Waals surface area (Å²) in [4.78, 5) is 44.5. The van der Waals surface area contributed by atoms with Crippen LogP contribution in [0.15, 0.2) is 64.3 Å². The van der Waals surface area contributed by atoms with Gasteiger partial charge in [0.05, 0.1) is 23.4 Å². The Morgan fingerprint density at radius 3 is 2.43 bits per heavy atom. The van der Waals surface area contributed by atoms with Crippen molar-refractivity contribution in [3.8, 4) is 28.3 Å². The van der Waals surface area contributed by atoms with E-state index >= 15 is 0 Å².